The number of amides is 1. The predicted molar refractivity (Wildman–Crippen MR) is 43.0 cm³/mol. The second kappa shape index (κ2) is 5.09. The molecule has 0 fully saturated rings. The molecule has 4 nitrogen and oxygen atoms in total. The van der Waals surface area contributed by atoms with Crippen LogP contribution in [0.1, 0.15) is 20.3 Å². The molecule has 0 aliphatic rings. The zero-order valence-corrected chi connectivity index (χ0v) is 7.00. The van der Waals surface area contributed by atoms with Gasteiger partial charge in [-0.3, -0.25) is 4.79 Å². The number of aliphatic hydroxyl groups excluding tert-OH is 1. The molecule has 66 valence electrons. The Morgan fingerprint density at radius 3 is 2.55 bits per heavy atom. The van der Waals surface area contributed by atoms with Gasteiger partial charge in [-0.2, -0.15) is 0 Å². The van der Waals surface area contributed by atoms with Gasteiger partial charge in [-0.05, 0) is 13.3 Å². The van der Waals surface area contributed by atoms with Crippen LogP contribution in [0.25, 0.3) is 0 Å². The minimum absolute atomic E-state index is 0.315. The molecule has 0 aliphatic carbocycles. The Balaban J connectivity index is 3.61. The van der Waals surface area contributed by atoms with Crippen molar-refractivity contribution in [1.29, 1.82) is 0 Å². The third kappa shape index (κ3) is 4.75. The molecule has 1 unspecified atom stereocenters. The van der Waals surface area contributed by atoms with E-state index in [4.69, 9.17) is 10.8 Å². The third-order valence-electron chi connectivity index (χ3n) is 1.41. The second-order valence-corrected chi connectivity index (χ2v) is 2.62. The number of hydrogen-bond donors (Lipinski definition) is 3. The number of nitrogens with one attached hydrogen (secondary N) is 1. The van der Waals surface area contributed by atoms with Crippen LogP contribution in [0.5, 0.6) is 0 Å². The summed E-state index contributed by atoms with van der Waals surface area (Å²) in [4.78, 5) is 10.6. The van der Waals surface area contributed by atoms with Crippen molar-refractivity contribution in [2.24, 2.45) is 5.73 Å². The Morgan fingerprint density at radius 1 is 1.73 bits per heavy atom. The summed E-state index contributed by atoms with van der Waals surface area (Å²) in [6.07, 6.45) is 0.214. The maximum absolute atomic E-state index is 10.6. The molecule has 2 atom stereocenters. The molecule has 0 bridgehead atoms. The molecule has 0 radical (unpaired) electrons. The van der Waals surface area contributed by atoms with Gasteiger partial charge in [0.1, 0.15) is 0 Å². The standard InChI is InChI=1S/C7H16N2O2/c1-3-6(7(8)11)9-4-5(2)10/h5-6,9-10H,3-4H2,1-2H3,(H2,8,11)/t5?,6-/m0/s1. The van der Waals surface area contributed by atoms with Crippen molar-refractivity contribution in [3.63, 3.8) is 0 Å². The molecule has 0 rings (SSSR count). The van der Waals surface area contributed by atoms with Crippen LogP contribution >= 0.6 is 0 Å². The molecular formula is C7H16N2O2. The van der Waals surface area contributed by atoms with Gasteiger partial charge >= 0.3 is 0 Å². The summed E-state index contributed by atoms with van der Waals surface area (Å²) >= 11 is 0. The van der Waals surface area contributed by atoms with Crippen molar-refractivity contribution < 1.29 is 9.90 Å². The Hall–Kier alpha value is -0.610. The van der Waals surface area contributed by atoms with Crippen molar-refractivity contribution in [3.05, 3.63) is 0 Å². The molecule has 11 heavy (non-hydrogen) atoms. The highest BCUT2D eigenvalue weighted by Gasteiger charge is 2.11. The van der Waals surface area contributed by atoms with Gasteiger partial charge in [0.15, 0.2) is 0 Å². The number of carbonyl (C=O) groups is 1. The van der Waals surface area contributed by atoms with Gasteiger partial charge in [0.25, 0.3) is 0 Å². The molecule has 0 aromatic heterocycles. The largest absolute Gasteiger partial charge is 0.392 e. The van der Waals surface area contributed by atoms with Crippen molar-refractivity contribution in [2.75, 3.05) is 6.54 Å². The third-order valence-corrected chi connectivity index (χ3v) is 1.41. The van der Waals surface area contributed by atoms with Crippen LogP contribution in [0.3, 0.4) is 0 Å². The molecule has 0 spiro atoms. The lowest BCUT2D eigenvalue weighted by molar-refractivity contribution is -0.120. The van der Waals surface area contributed by atoms with Crippen LogP contribution in [-0.2, 0) is 4.79 Å². The van der Waals surface area contributed by atoms with E-state index in [9.17, 15) is 4.79 Å². The maximum atomic E-state index is 10.6. The molecule has 0 aliphatic heterocycles. The summed E-state index contributed by atoms with van der Waals surface area (Å²) in [5.74, 6) is -0.367. The molecule has 4 N–H and O–H groups in total. The molecule has 0 heterocycles. The molecular weight excluding hydrogens is 144 g/mol. The summed E-state index contributed by atoms with van der Waals surface area (Å²) in [5.41, 5.74) is 5.05. The highest BCUT2D eigenvalue weighted by atomic mass is 16.3. The molecule has 0 aromatic rings. The van der Waals surface area contributed by atoms with Gasteiger partial charge < -0.3 is 16.2 Å². The first-order valence-corrected chi connectivity index (χ1v) is 3.78. The smallest absolute Gasteiger partial charge is 0.234 e. The van der Waals surface area contributed by atoms with Crippen LogP contribution in [0, 0.1) is 0 Å². The number of primary amides is 1. The van der Waals surface area contributed by atoms with Crippen LogP contribution in [0.4, 0.5) is 0 Å². The SMILES string of the molecule is CC[C@H](NCC(C)O)C(N)=O. The Morgan fingerprint density at radius 2 is 2.27 bits per heavy atom. The Bertz CT molecular complexity index is 126. The van der Waals surface area contributed by atoms with Gasteiger partial charge in [0.05, 0.1) is 12.1 Å². The molecule has 4 heteroatoms. The number of nitrogens with two attached hydrogens (primary N) is 1. The van der Waals surface area contributed by atoms with Crippen LogP contribution in [0.2, 0.25) is 0 Å². The summed E-state index contributed by atoms with van der Waals surface area (Å²) in [5, 5.41) is 11.7. The van der Waals surface area contributed by atoms with E-state index in [1.54, 1.807) is 6.92 Å². The van der Waals surface area contributed by atoms with E-state index >= 15 is 0 Å². The molecule has 1 amide bonds. The van der Waals surface area contributed by atoms with E-state index in [0.717, 1.165) is 0 Å². The minimum atomic E-state index is -0.441. The average molecular weight is 160 g/mol. The first-order chi connectivity index (χ1) is 5.07. The summed E-state index contributed by atoms with van der Waals surface area (Å²) in [7, 11) is 0. The van der Waals surface area contributed by atoms with E-state index in [2.05, 4.69) is 5.32 Å². The lowest BCUT2D eigenvalue weighted by Gasteiger charge is -2.13. The fourth-order valence-corrected chi connectivity index (χ4v) is 0.759. The predicted octanol–water partition coefficient (Wildman–Crippen LogP) is -0.779. The van der Waals surface area contributed by atoms with Gasteiger partial charge in [0.2, 0.25) is 5.91 Å². The maximum Gasteiger partial charge on any atom is 0.234 e. The normalized spacial score (nSPS) is 15.9. The van der Waals surface area contributed by atoms with Gasteiger partial charge in [0, 0.05) is 6.54 Å². The second-order valence-electron chi connectivity index (χ2n) is 2.62. The van der Waals surface area contributed by atoms with E-state index < -0.39 is 6.10 Å². The first-order valence-electron chi connectivity index (χ1n) is 3.78. The van der Waals surface area contributed by atoms with E-state index in [0.29, 0.717) is 13.0 Å². The number of carbonyl (C=O) groups excluding carboxylic acids is 1. The number of aliphatic hydroxyl groups is 1. The van der Waals surface area contributed by atoms with E-state index in [-0.39, 0.29) is 11.9 Å². The van der Waals surface area contributed by atoms with Crippen molar-refractivity contribution in [1.82, 2.24) is 5.32 Å². The summed E-state index contributed by atoms with van der Waals surface area (Å²) in [6.45, 7) is 3.92. The zero-order valence-electron chi connectivity index (χ0n) is 7.00. The van der Waals surface area contributed by atoms with Gasteiger partial charge in [-0.15, -0.1) is 0 Å². The lowest BCUT2D eigenvalue weighted by Crippen LogP contribution is -2.43. The zero-order chi connectivity index (χ0) is 8.85. The Kier molecular flexibility index (Phi) is 4.81. The van der Waals surface area contributed by atoms with Gasteiger partial charge in [-0.1, -0.05) is 6.92 Å². The summed E-state index contributed by atoms with van der Waals surface area (Å²) in [6, 6.07) is -0.315. The fourth-order valence-electron chi connectivity index (χ4n) is 0.759. The molecule has 0 saturated carbocycles. The summed E-state index contributed by atoms with van der Waals surface area (Å²) < 4.78 is 0. The molecule has 0 saturated heterocycles. The highest BCUT2D eigenvalue weighted by molar-refractivity contribution is 5.79. The average Bonchev–Trinajstić information content (AvgIpc) is 1.87. The minimum Gasteiger partial charge on any atom is -0.392 e. The van der Waals surface area contributed by atoms with Crippen LogP contribution < -0.4 is 11.1 Å². The number of hydrogen-bond acceptors (Lipinski definition) is 3. The molecule has 0 aromatic carbocycles. The van der Waals surface area contributed by atoms with Gasteiger partial charge in [-0.25, -0.2) is 0 Å². The first kappa shape index (κ1) is 10.4. The van der Waals surface area contributed by atoms with Crippen molar-refractivity contribution in [3.8, 4) is 0 Å². The quantitative estimate of drug-likeness (QED) is 0.494. The van der Waals surface area contributed by atoms with Crippen LogP contribution in [-0.4, -0.2) is 29.7 Å². The monoisotopic (exact) mass is 160 g/mol. The topological polar surface area (TPSA) is 75.3 Å². The lowest BCUT2D eigenvalue weighted by atomic mass is 10.2. The number of rotatable bonds is 5. The van der Waals surface area contributed by atoms with E-state index in [1.807, 2.05) is 6.92 Å². The van der Waals surface area contributed by atoms with Crippen molar-refractivity contribution in [2.45, 2.75) is 32.4 Å². The fraction of sp³-hybridized carbons (Fsp3) is 0.857. The Labute approximate surface area is 66.8 Å². The highest BCUT2D eigenvalue weighted by Crippen LogP contribution is 1.89. The van der Waals surface area contributed by atoms with Crippen molar-refractivity contribution >= 4 is 5.91 Å². The van der Waals surface area contributed by atoms with E-state index in [1.165, 1.54) is 0 Å². The van der Waals surface area contributed by atoms with Crippen LogP contribution in [0.15, 0.2) is 0 Å².